The van der Waals surface area contributed by atoms with Gasteiger partial charge in [0.05, 0.1) is 0 Å². The molecule has 0 aromatic carbocycles. The fraction of sp³-hybridized carbons (Fsp3) is 1.00. The first-order chi connectivity index (χ1) is 5.74. The highest BCUT2D eigenvalue weighted by Gasteiger charge is 2.07. The van der Waals surface area contributed by atoms with Crippen LogP contribution in [0, 0.1) is 0 Å². The molecule has 2 nitrogen and oxygen atoms in total. The van der Waals surface area contributed by atoms with E-state index in [1.54, 1.807) is 0 Å². The number of ether oxygens (including phenoxy) is 1. The van der Waals surface area contributed by atoms with E-state index in [-0.39, 0.29) is 16.1 Å². The molecule has 0 bridgehead atoms. The van der Waals surface area contributed by atoms with Gasteiger partial charge in [-0.2, -0.15) is 0 Å². The molecule has 0 N–H and O–H groups in total. The van der Waals surface area contributed by atoms with Crippen LogP contribution in [-0.2, 0) is 9.16 Å². The molecule has 0 aliphatic rings. The van der Waals surface area contributed by atoms with Crippen LogP contribution in [0.3, 0.4) is 0 Å². The van der Waals surface area contributed by atoms with Crippen molar-refractivity contribution >= 4 is 9.76 Å². The van der Waals surface area contributed by atoms with Crippen LogP contribution < -0.4 is 0 Å². The monoisotopic (exact) mass is 190 g/mol. The molecule has 2 unspecified atom stereocenters. The van der Waals surface area contributed by atoms with E-state index in [9.17, 15) is 0 Å². The van der Waals surface area contributed by atoms with Crippen molar-refractivity contribution in [3.8, 4) is 0 Å². The predicted octanol–water partition coefficient (Wildman–Crippen LogP) is 2.08. The van der Waals surface area contributed by atoms with Crippen LogP contribution in [0.1, 0.15) is 40.5 Å². The van der Waals surface area contributed by atoms with Crippen molar-refractivity contribution in [3.05, 3.63) is 0 Å². The lowest BCUT2D eigenvalue weighted by Gasteiger charge is -2.18. The maximum absolute atomic E-state index is 5.70. The normalized spacial score (nSPS) is 17.0. The Morgan fingerprint density at radius 3 is 2.25 bits per heavy atom. The van der Waals surface area contributed by atoms with Crippen LogP contribution in [0.25, 0.3) is 0 Å². The molecule has 0 spiro atoms. The molecule has 3 heteroatoms. The van der Waals surface area contributed by atoms with Gasteiger partial charge >= 0.3 is 0 Å². The zero-order valence-electron chi connectivity index (χ0n) is 8.80. The number of hydrogen-bond donors (Lipinski definition) is 0. The molecule has 0 aromatic heterocycles. The van der Waals surface area contributed by atoms with Gasteiger partial charge < -0.3 is 9.16 Å². The fourth-order valence-electron chi connectivity index (χ4n) is 0.859. The zero-order valence-corrected chi connectivity index (χ0v) is 10.2. The Labute approximate surface area is 78.6 Å². The van der Waals surface area contributed by atoms with E-state index in [1.807, 2.05) is 6.92 Å². The predicted molar refractivity (Wildman–Crippen MR) is 55.0 cm³/mol. The highest BCUT2D eigenvalue weighted by molar-refractivity contribution is 6.29. The molecule has 2 atom stereocenters. The smallest absolute Gasteiger partial charge is 0.167 e. The Balaban J connectivity index is 3.43. The van der Waals surface area contributed by atoms with Crippen LogP contribution in [0.5, 0.6) is 0 Å². The topological polar surface area (TPSA) is 18.5 Å². The Morgan fingerprint density at radius 2 is 1.83 bits per heavy atom. The first kappa shape index (κ1) is 12.1. The Hall–Kier alpha value is 0.137. The largest absolute Gasteiger partial charge is 0.399 e. The summed E-state index contributed by atoms with van der Waals surface area (Å²) in [6.45, 7) is 9.34. The van der Waals surface area contributed by atoms with Gasteiger partial charge in [0, 0.05) is 6.61 Å². The first-order valence-corrected chi connectivity index (χ1v) is 6.37. The molecule has 0 aliphatic heterocycles. The van der Waals surface area contributed by atoms with Gasteiger partial charge in [-0.1, -0.05) is 27.2 Å². The lowest BCUT2D eigenvalue weighted by atomic mass is 10.4. The maximum Gasteiger partial charge on any atom is 0.167 e. The third-order valence-electron chi connectivity index (χ3n) is 1.95. The maximum atomic E-state index is 5.70. The lowest BCUT2D eigenvalue weighted by molar-refractivity contribution is -0.0768. The molecule has 0 radical (unpaired) electrons. The van der Waals surface area contributed by atoms with E-state index in [0.29, 0.717) is 0 Å². The van der Waals surface area contributed by atoms with Gasteiger partial charge in [-0.15, -0.1) is 0 Å². The molecular formula is C9H22O2Si. The third kappa shape index (κ3) is 5.74. The second-order valence-electron chi connectivity index (χ2n) is 3.14. The molecule has 0 aromatic rings. The second-order valence-corrected chi connectivity index (χ2v) is 5.20. The lowest BCUT2D eigenvalue weighted by Crippen LogP contribution is -2.20. The van der Waals surface area contributed by atoms with Crippen LogP contribution in [-0.4, -0.2) is 22.7 Å². The molecule has 0 aliphatic carbocycles. The van der Waals surface area contributed by atoms with E-state index in [1.165, 1.54) is 6.42 Å². The van der Waals surface area contributed by atoms with Crippen molar-refractivity contribution in [3.63, 3.8) is 0 Å². The van der Waals surface area contributed by atoms with Crippen molar-refractivity contribution in [2.24, 2.45) is 0 Å². The minimum atomic E-state index is -0.368. The van der Waals surface area contributed by atoms with Gasteiger partial charge in [-0.05, 0) is 18.9 Å². The molecule has 0 saturated carbocycles. The van der Waals surface area contributed by atoms with Crippen molar-refractivity contribution in [2.45, 2.75) is 52.4 Å². The van der Waals surface area contributed by atoms with Crippen molar-refractivity contribution in [1.82, 2.24) is 0 Å². The molecular weight excluding hydrogens is 168 g/mol. The number of hydrogen-bond acceptors (Lipinski definition) is 2. The molecule has 0 saturated heterocycles. The van der Waals surface area contributed by atoms with Gasteiger partial charge in [0.2, 0.25) is 0 Å². The summed E-state index contributed by atoms with van der Waals surface area (Å²) in [4.78, 5) is 0. The van der Waals surface area contributed by atoms with Gasteiger partial charge in [0.1, 0.15) is 6.29 Å². The molecule has 74 valence electrons. The molecule has 0 heterocycles. The summed E-state index contributed by atoms with van der Waals surface area (Å²) in [6, 6.07) is 0. The van der Waals surface area contributed by atoms with E-state index in [0.717, 1.165) is 18.6 Å². The Bertz CT molecular complexity index is 98.5. The fourth-order valence-corrected chi connectivity index (χ4v) is 1.97. The van der Waals surface area contributed by atoms with Crippen LogP contribution in [0.2, 0.25) is 5.54 Å². The minimum Gasteiger partial charge on any atom is -0.399 e. The SMILES string of the molecule is CCOC(CC)O[SiH2]C(C)CC. The van der Waals surface area contributed by atoms with Crippen LogP contribution >= 0.6 is 0 Å². The summed E-state index contributed by atoms with van der Waals surface area (Å²) in [5.74, 6) is 0. The summed E-state index contributed by atoms with van der Waals surface area (Å²) < 4.78 is 11.1. The molecule has 12 heavy (non-hydrogen) atoms. The van der Waals surface area contributed by atoms with Crippen molar-refractivity contribution < 1.29 is 9.16 Å². The minimum absolute atomic E-state index is 0.0654. The standard InChI is InChI=1S/C9H22O2Si/c1-5-8(4)12-11-9(6-2)10-7-3/h8-9H,5-7,12H2,1-4H3. The van der Waals surface area contributed by atoms with Gasteiger partial charge in [0.15, 0.2) is 9.76 Å². The quantitative estimate of drug-likeness (QED) is 0.452. The van der Waals surface area contributed by atoms with Gasteiger partial charge in [0.25, 0.3) is 0 Å². The Morgan fingerprint density at radius 1 is 1.17 bits per heavy atom. The summed E-state index contributed by atoms with van der Waals surface area (Å²) >= 11 is 0. The second kappa shape index (κ2) is 7.77. The van der Waals surface area contributed by atoms with E-state index >= 15 is 0 Å². The zero-order chi connectivity index (χ0) is 9.40. The number of rotatable bonds is 7. The van der Waals surface area contributed by atoms with Gasteiger partial charge in [-0.25, -0.2) is 0 Å². The molecule has 0 amide bonds. The summed E-state index contributed by atoms with van der Waals surface area (Å²) in [5.41, 5.74) is 0.777. The van der Waals surface area contributed by atoms with Crippen molar-refractivity contribution in [2.75, 3.05) is 6.61 Å². The van der Waals surface area contributed by atoms with Crippen LogP contribution in [0.4, 0.5) is 0 Å². The Kier molecular flexibility index (Phi) is 7.86. The van der Waals surface area contributed by atoms with E-state index in [2.05, 4.69) is 20.8 Å². The average molecular weight is 190 g/mol. The van der Waals surface area contributed by atoms with Crippen molar-refractivity contribution in [1.29, 1.82) is 0 Å². The molecule has 0 fully saturated rings. The first-order valence-electron chi connectivity index (χ1n) is 4.97. The highest BCUT2D eigenvalue weighted by atomic mass is 28.2. The third-order valence-corrected chi connectivity index (χ3v) is 3.66. The molecule has 0 rings (SSSR count). The van der Waals surface area contributed by atoms with Gasteiger partial charge in [-0.3, -0.25) is 0 Å². The summed E-state index contributed by atoms with van der Waals surface area (Å²) in [5, 5.41) is 0. The van der Waals surface area contributed by atoms with Crippen LogP contribution in [0.15, 0.2) is 0 Å². The summed E-state index contributed by atoms with van der Waals surface area (Å²) in [7, 11) is -0.368. The summed E-state index contributed by atoms with van der Waals surface area (Å²) in [6.07, 6.45) is 2.27. The highest BCUT2D eigenvalue weighted by Crippen LogP contribution is 2.09. The van der Waals surface area contributed by atoms with E-state index in [4.69, 9.17) is 9.16 Å². The van der Waals surface area contributed by atoms with E-state index < -0.39 is 0 Å². The average Bonchev–Trinajstić information content (AvgIpc) is 2.11.